The first kappa shape index (κ1) is 16.0. The average Bonchev–Trinajstić information content (AvgIpc) is 3.04. The maximum atomic E-state index is 13.1. The molecule has 1 amide bonds. The summed E-state index contributed by atoms with van der Waals surface area (Å²) in [6.07, 6.45) is 0.741. The molecule has 2 aliphatic rings. The van der Waals surface area contributed by atoms with Crippen molar-refractivity contribution in [3.8, 4) is 11.5 Å². The third-order valence-electron chi connectivity index (χ3n) is 5.07. The van der Waals surface area contributed by atoms with Gasteiger partial charge in [-0.3, -0.25) is 9.69 Å². The minimum absolute atomic E-state index is 0.0264. The summed E-state index contributed by atoms with van der Waals surface area (Å²) < 4.78 is 11.7. The summed E-state index contributed by atoms with van der Waals surface area (Å²) in [6.45, 7) is 1.40. The van der Waals surface area contributed by atoms with E-state index in [1.807, 2.05) is 55.6 Å². The van der Waals surface area contributed by atoms with Crippen LogP contribution in [0.25, 0.3) is 0 Å². The predicted octanol–water partition coefficient (Wildman–Crippen LogP) is 2.69. The summed E-state index contributed by atoms with van der Waals surface area (Å²) in [4.78, 5) is 17.0. The van der Waals surface area contributed by atoms with Crippen molar-refractivity contribution in [3.05, 3.63) is 54.1 Å². The van der Waals surface area contributed by atoms with Crippen LogP contribution in [0.3, 0.4) is 0 Å². The molecule has 4 rings (SSSR count). The van der Waals surface area contributed by atoms with Gasteiger partial charge in [-0.25, -0.2) is 0 Å². The SMILES string of the molecule is COc1ccccc1CN1CC2CC1C(=O)N(C)c1ccccc1O2. The van der Waals surface area contributed by atoms with Crippen LogP contribution in [0.4, 0.5) is 5.69 Å². The largest absolute Gasteiger partial charge is 0.496 e. The van der Waals surface area contributed by atoms with Crippen LogP contribution >= 0.6 is 0 Å². The molecule has 0 N–H and O–H groups in total. The highest BCUT2D eigenvalue weighted by atomic mass is 16.5. The van der Waals surface area contributed by atoms with Crippen molar-refractivity contribution in [1.29, 1.82) is 0 Å². The van der Waals surface area contributed by atoms with Crippen molar-refractivity contribution in [2.45, 2.75) is 25.1 Å². The topological polar surface area (TPSA) is 42.0 Å². The molecule has 25 heavy (non-hydrogen) atoms. The second-order valence-electron chi connectivity index (χ2n) is 6.60. The number of carbonyl (C=O) groups is 1. The minimum atomic E-state index is -0.173. The molecule has 0 aromatic heterocycles. The molecule has 2 heterocycles. The van der Waals surface area contributed by atoms with E-state index >= 15 is 0 Å². The van der Waals surface area contributed by atoms with Crippen LogP contribution in [0, 0.1) is 0 Å². The maximum absolute atomic E-state index is 13.1. The van der Waals surface area contributed by atoms with E-state index in [0.717, 1.165) is 29.3 Å². The van der Waals surface area contributed by atoms with E-state index in [1.165, 1.54) is 0 Å². The molecule has 2 aromatic rings. The van der Waals surface area contributed by atoms with Crippen LogP contribution < -0.4 is 14.4 Å². The Kier molecular flexibility index (Phi) is 4.09. The van der Waals surface area contributed by atoms with Crippen LogP contribution in [-0.4, -0.2) is 43.7 Å². The Morgan fingerprint density at radius 2 is 1.92 bits per heavy atom. The van der Waals surface area contributed by atoms with Crippen molar-refractivity contribution >= 4 is 11.6 Å². The summed E-state index contributed by atoms with van der Waals surface area (Å²) >= 11 is 0. The number of carbonyl (C=O) groups excluding carboxylic acids is 1. The number of hydrogen-bond acceptors (Lipinski definition) is 4. The molecular formula is C20H22N2O3. The van der Waals surface area contributed by atoms with Crippen molar-refractivity contribution in [2.24, 2.45) is 0 Å². The zero-order chi connectivity index (χ0) is 17.4. The number of likely N-dealkylation sites (tertiary alicyclic amines) is 1. The number of rotatable bonds is 3. The molecule has 2 unspecified atom stereocenters. The number of fused-ring (bicyclic) bond motifs is 3. The lowest BCUT2D eigenvalue weighted by molar-refractivity contribution is -0.122. The van der Waals surface area contributed by atoms with Crippen LogP contribution in [0.2, 0.25) is 0 Å². The number of benzene rings is 2. The molecule has 2 aliphatic heterocycles. The van der Waals surface area contributed by atoms with E-state index in [0.29, 0.717) is 13.0 Å². The molecule has 5 nitrogen and oxygen atoms in total. The smallest absolute Gasteiger partial charge is 0.244 e. The first-order valence-electron chi connectivity index (χ1n) is 8.56. The van der Waals surface area contributed by atoms with E-state index < -0.39 is 0 Å². The molecule has 2 bridgehead atoms. The Hall–Kier alpha value is -2.53. The summed E-state index contributed by atoms with van der Waals surface area (Å²) in [6, 6.07) is 15.5. The van der Waals surface area contributed by atoms with Gasteiger partial charge in [0.1, 0.15) is 17.6 Å². The summed E-state index contributed by atoms with van der Waals surface area (Å²) in [5, 5.41) is 0. The lowest BCUT2D eigenvalue weighted by Gasteiger charge is -2.29. The van der Waals surface area contributed by atoms with Crippen molar-refractivity contribution in [3.63, 3.8) is 0 Å². The van der Waals surface area contributed by atoms with Crippen molar-refractivity contribution in [1.82, 2.24) is 4.90 Å². The second-order valence-corrected chi connectivity index (χ2v) is 6.60. The Morgan fingerprint density at radius 3 is 2.76 bits per heavy atom. The van der Waals surface area contributed by atoms with Crippen LogP contribution in [0.1, 0.15) is 12.0 Å². The number of nitrogens with zero attached hydrogens (tertiary/aromatic N) is 2. The molecule has 0 spiro atoms. The van der Waals surface area contributed by atoms with Crippen LogP contribution in [0.5, 0.6) is 11.5 Å². The zero-order valence-electron chi connectivity index (χ0n) is 14.5. The average molecular weight is 338 g/mol. The Morgan fingerprint density at radius 1 is 1.16 bits per heavy atom. The van der Waals surface area contributed by atoms with Gasteiger partial charge in [-0.15, -0.1) is 0 Å². The van der Waals surface area contributed by atoms with Crippen molar-refractivity contribution < 1.29 is 14.3 Å². The molecule has 5 heteroatoms. The van der Waals surface area contributed by atoms with E-state index in [-0.39, 0.29) is 18.1 Å². The van der Waals surface area contributed by atoms with Crippen molar-refractivity contribution in [2.75, 3.05) is 25.6 Å². The van der Waals surface area contributed by atoms with Gasteiger partial charge >= 0.3 is 0 Å². The Balaban J connectivity index is 1.63. The first-order valence-corrected chi connectivity index (χ1v) is 8.56. The van der Waals surface area contributed by atoms with Gasteiger partial charge in [0.25, 0.3) is 0 Å². The normalized spacial score (nSPS) is 22.8. The van der Waals surface area contributed by atoms with E-state index in [4.69, 9.17) is 9.47 Å². The molecule has 1 fully saturated rings. The molecular weight excluding hydrogens is 316 g/mol. The number of likely N-dealkylation sites (N-methyl/N-ethyl adjacent to an activating group) is 1. The lowest BCUT2D eigenvalue weighted by Crippen LogP contribution is -2.44. The van der Waals surface area contributed by atoms with Gasteiger partial charge in [0.05, 0.1) is 18.8 Å². The summed E-state index contributed by atoms with van der Waals surface area (Å²) in [7, 11) is 3.50. The van der Waals surface area contributed by atoms with E-state index in [2.05, 4.69) is 4.90 Å². The first-order chi connectivity index (χ1) is 12.2. The molecule has 0 aliphatic carbocycles. The number of amides is 1. The van der Waals surface area contributed by atoms with E-state index in [1.54, 1.807) is 12.0 Å². The van der Waals surface area contributed by atoms with Gasteiger partial charge in [0.2, 0.25) is 5.91 Å². The molecule has 130 valence electrons. The van der Waals surface area contributed by atoms with Crippen LogP contribution in [-0.2, 0) is 11.3 Å². The Bertz CT molecular complexity index is 792. The minimum Gasteiger partial charge on any atom is -0.496 e. The third-order valence-corrected chi connectivity index (χ3v) is 5.07. The zero-order valence-corrected chi connectivity index (χ0v) is 14.5. The molecule has 2 atom stereocenters. The standard InChI is InChI=1S/C20H22N2O3/c1-21-16-8-4-6-10-19(16)25-15-11-17(20(21)23)22(13-15)12-14-7-3-5-9-18(14)24-2/h3-10,15,17H,11-13H2,1-2H3. The van der Waals surface area contributed by atoms with Gasteiger partial charge in [-0.1, -0.05) is 30.3 Å². The monoisotopic (exact) mass is 338 g/mol. The van der Waals surface area contributed by atoms with Gasteiger partial charge in [0.15, 0.2) is 0 Å². The molecule has 1 saturated heterocycles. The highest BCUT2D eigenvalue weighted by molar-refractivity contribution is 5.98. The maximum Gasteiger partial charge on any atom is 0.244 e. The second kappa shape index (κ2) is 6.41. The molecule has 2 aromatic carbocycles. The van der Waals surface area contributed by atoms with Gasteiger partial charge in [0, 0.05) is 32.1 Å². The van der Waals surface area contributed by atoms with Gasteiger partial charge in [-0.05, 0) is 18.2 Å². The van der Waals surface area contributed by atoms with Crippen LogP contribution in [0.15, 0.2) is 48.5 Å². The fourth-order valence-corrected chi connectivity index (χ4v) is 3.79. The highest BCUT2D eigenvalue weighted by Gasteiger charge is 2.42. The fourth-order valence-electron chi connectivity index (χ4n) is 3.79. The van der Waals surface area contributed by atoms with Gasteiger partial charge < -0.3 is 14.4 Å². The molecule has 0 radical (unpaired) electrons. The summed E-state index contributed by atoms with van der Waals surface area (Å²) in [5.74, 6) is 1.75. The third kappa shape index (κ3) is 2.85. The quantitative estimate of drug-likeness (QED) is 0.863. The highest BCUT2D eigenvalue weighted by Crippen LogP contribution is 2.36. The number of para-hydroxylation sites is 3. The number of hydrogen-bond donors (Lipinski definition) is 0. The van der Waals surface area contributed by atoms with Gasteiger partial charge in [-0.2, -0.15) is 0 Å². The Labute approximate surface area is 147 Å². The number of anilines is 1. The lowest BCUT2D eigenvalue weighted by atomic mass is 10.1. The number of methoxy groups -OCH3 is 1. The summed E-state index contributed by atoms with van der Waals surface area (Å²) in [5.41, 5.74) is 1.92. The van der Waals surface area contributed by atoms with E-state index in [9.17, 15) is 4.79 Å². The molecule has 0 saturated carbocycles. The number of ether oxygens (including phenoxy) is 2. The fraction of sp³-hybridized carbons (Fsp3) is 0.350. The predicted molar refractivity (Wildman–Crippen MR) is 96.1 cm³/mol.